The number of aromatic nitrogens is 3. The van der Waals surface area contributed by atoms with Gasteiger partial charge in [0.1, 0.15) is 5.82 Å². The van der Waals surface area contributed by atoms with Crippen LogP contribution in [0.2, 0.25) is 0 Å². The second-order valence-corrected chi connectivity index (χ2v) is 6.17. The molecule has 0 aliphatic heterocycles. The predicted molar refractivity (Wildman–Crippen MR) is 69.9 cm³/mol. The van der Waals surface area contributed by atoms with Crippen molar-refractivity contribution in [1.29, 1.82) is 0 Å². The van der Waals surface area contributed by atoms with Crippen molar-refractivity contribution in [2.75, 3.05) is 12.0 Å². The van der Waals surface area contributed by atoms with Gasteiger partial charge in [0.05, 0.1) is 0 Å². The molecule has 7 heteroatoms. The summed E-state index contributed by atoms with van der Waals surface area (Å²) in [5, 5.41) is 8.12. The first kappa shape index (κ1) is 11.7. The van der Waals surface area contributed by atoms with E-state index in [2.05, 4.69) is 15.2 Å². The van der Waals surface area contributed by atoms with Crippen LogP contribution >= 0.6 is 34.9 Å². The van der Waals surface area contributed by atoms with Crippen LogP contribution in [0.3, 0.4) is 0 Å². The molecular weight excluding hydrogens is 260 g/mol. The van der Waals surface area contributed by atoms with Crippen LogP contribution in [0.5, 0.6) is 0 Å². The van der Waals surface area contributed by atoms with Gasteiger partial charge in [0, 0.05) is 11.9 Å². The van der Waals surface area contributed by atoms with E-state index in [0.717, 1.165) is 20.0 Å². The smallest absolute Gasteiger partial charge is 0.175 e. The molecule has 0 unspecified atom stereocenters. The summed E-state index contributed by atoms with van der Waals surface area (Å²) in [6.45, 7) is 0. The van der Waals surface area contributed by atoms with Crippen LogP contribution in [0, 0.1) is 0 Å². The molecule has 0 saturated carbocycles. The molecule has 0 amide bonds. The number of nitrogen functional groups attached to an aromatic ring is 1. The fraction of sp³-hybridized carbons (Fsp3) is 0.222. The van der Waals surface area contributed by atoms with Gasteiger partial charge in [-0.25, -0.2) is 4.98 Å². The largest absolute Gasteiger partial charge is 0.384 e. The average Bonchev–Trinajstić information content (AvgIpc) is 2.76. The van der Waals surface area contributed by atoms with Crippen molar-refractivity contribution < 1.29 is 0 Å². The Bertz CT molecular complexity index is 454. The van der Waals surface area contributed by atoms with Gasteiger partial charge >= 0.3 is 0 Å². The van der Waals surface area contributed by atoms with Crippen molar-refractivity contribution in [3.8, 4) is 0 Å². The molecule has 0 fully saturated rings. The quantitative estimate of drug-likeness (QED) is 0.861. The van der Waals surface area contributed by atoms with E-state index in [0.29, 0.717) is 5.82 Å². The third kappa shape index (κ3) is 3.10. The van der Waals surface area contributed by atoms with E-state index in [1.807, 2.05) is 18.4 Å². The molecule has 4 nitrogen and oxygen atoms in total. The lowest BCUT2D eigenvalue weighted by atomic mass is 10.3. The SMILES string of the molecule is CSc1nnc(SCc2ccc(N)nc2)s1. The van der Waals surface area contributed by atoms with Gasteiger partial charge in [-0.05, 0) is 17.9 Å². The lowest BCUT2D eigenvalue weighted by Gasteiger charge is -1.98. The van der Waals surface area contributed by atoms with E-state index in [-0.39, 0.29) is 0 Å². The highest BCUT2D eigenvalue weighted by molar-refractivity contribution is 8.02. The van der Waals surface area contributed by atoms with Gasteiger partial charge in [-0.2, -0.15) is 0 Å². The minimum absolute atomic E-state index is 0.550. The molecule has 0 radical (unpaired) electrons. The summed E-state index contributed by atoms with van der Waals surface area (Å²) in [5.74, 6) is 1.39. The normalized spacial score (nSPS) is 10.6. The van der Waals surface area contributed by atoms with Crippen molar-refractivity contribution in [3.63, 3.8) is 0 Å². The van der Waals surface area contributed by atoms with Crippen LogP contribution in [-0.2, 0) is 5.75 Å². The molecular formula is C9H10N4S3. The summed E-state index contributed by atoms with van der Waals surface area (Å²) < 4.78 is 1.99. The number of rotatable bonds is 4. The van der Waals surface area contributed by atoms with Gasteiger partial charge in [-0.15, -0.1) is 10.2 Å². The Labute approximate surface area is 106 Å². The Kier molecular flexibility index (Phi) is 4.03. The number of hydrogen-bond acceptors (Lipinski definition) is 7. The summed E-state index contributed by atoms with van der Waals surface area (Å²) in [4.78, 5) is 4.04. The van der Waals surface area contributed by atoms with Crippen LogP contribution in [0.4, 0.5) is 5.82 Å². The number of thioether (sulfide) groups is 2. The highest BCUT2D eigenvalue weighted by Gasteiger charge is 2.04. The highest BCUT2D eigenvalue weighted by Crippen LogP contribution is 2.29. The van der Waals surface area contributed by atoms with Crippen LogP contribution in [0.1, 0.15) is 5.56 Å². The van der Waals surface area contributed by atoms with Crippen molar-refractivity contribution in [2.24, 2.45) is 0 Å². The second-order valence-electron chi connectivity index (χ2n) is 2.92. The monoisotopic (exact) mass is 270 g/mol. The van der Waals surface area contributed by atoms with Crippen LogP contribution in [0.25, 0.3) is 0 Å². The first-order valence-corrected chi connectivity index (χ1v) is 7.51. The number of pyridine rings is 1. The van der Waals surface area contributed by atoms with E-state index in [9.17, 15) is 0 Å². The van der Waals surface area contributed by atoms with Crippen molar-refractivity contribution in [3.05, 3.63) is 23.9 Å². The highest BCUT2D eigenvalue weighted by atomic mass is 32.2. The summed E-state index contributed by atoms with van der Waals surface area (Å²) >= 11 is 4.90. The fourth-order valence-electron chi connectivity index (χ4n) is 1.00. The maximum atomic E-state index is 5.51. The molecule has 16 heavy (non-hydrogen) atoms. The molecule has 0 spiro atoms. The van der Waals surface area contributed by atoms with Crippen LogP contribution < -0.4 is 5.73 Å². The van der Waals surface area contributed by atoms with E-state index in [1.54, 1.807) is 41.1 Å². The van der Waals surface area contributed by atoms with Crippen LogP contribution in [0.15, 0.2) is 27.0 Å². The van der Waals surface area contributed by atoms with E-state index < -0.39 is 0 Å². The van der Waals surface area contributed by atoms with Crippen molar-refractivity contribution in [1.82, 2.24) is 15.2 Å². The van der Waals surface area contributed by atoms with Crippen molar-refractivity contribution >= 4 is 40.7 Å². The topological polar surface area (TPSA) is 64.7 Å². The second kappa shape index (κ2) is 5.51. The van der Waals surface area contributed by atoms with Gasteiger partial charge in [-0.3, -0.25) is 0 Å². The molecule has 2 aromatic heterocycles. The summed E-state index contributed by atoms with van der Waals surface area (Å²) in [7, 11) is 0. The lowest BCUT2D eigenvalue weighted by molar-refractivity contribution is 0.955. The molecule has 2 heterocycles. The fourth-order valence-corrected chi connectivity index (χ4v) is 3.38. The Morgan fingerprint density at radius 2 is 2.12 bits per heavy atom. The van der Waals surface area contributed by atoms with Gasteiger partial charge in [-0.1, -0.05) is 40.9 Å². The molecule has 0 aromatic carbocycles. The molecule has 0 atom stereocenters. The third-order valence-electron chi connectivity index (χ3n) is 1.77. The minimum atomic E-state index is 0.550. The summed E-state index contributed by atoms with van der Waals surface area (Å²) in [6.07, 6.45) is 3.79. The zero-order valence-corrected chi connectivity index (χ0v) is 11.0. The number of hydrogen-bond donors (Lipinski definition) is 1. The molecule has 0 aliphatic carbocycles. The van der Waals surface area contributed by atoms with Gasteiger partial charge in [0.25, 0.3) is 0 Å². The van der Waals surface area contributed by atoms with Crippen LogP contribution in [-0.4, -0.2) is 21.4 Å². The Morgan fingerprint density at radius 1 is 1.31 bits per heavy atom. The molecule has 2 N–H and O–H groups in total. The molecule has 0 saturated heterocycles. The number of nitrogens with two attached hydrogens (primary N) is 1. The lowest BCUT2D eigenvalue weighted by Crippen LogP contribution is -1.90. The maximum Gasteiger partial charge on any atom is 0.175 e. The van der Waals surface area contributed by atoms with Gasteiger partial charge < -0.3 is 5.73 Å². The average molecular weight is 270 g/mol. The van der Waals surface area contributed by atoms with E-state index >= 15 is 0 Å². The Hall–Kier alpha value is -0.790. The van der Waals surface area contributed by atoms with Gasteiger partial charge in [0.2, 0.25) is 0 Å². The molecule has 2 rings (SSSR count). The first-order valence-electron chi connectivity index (χ1n) is 4.48. The number of nitrogens with zero attached hydrogens (tertiary/aromatic N) is 3. The standard InChI is InChI=1S/C9H10N4S3/c1-14-8-12-13-9(16-8)15-5-6-2-3-7(10)11-4-6/h2-4H,5H2,1H3,(H2,10,11). The predicted octanol–water partition coefficient (Wildman–Crippen LogP) is 2.53. The van der Waals surface area contributed by atoms with Crippen molar-refractivity contribution in [2.45, 2.75) is 14.4 Å². The van der Waals surface area contributed by atoms with E-state index in [4.69, 9.17) is 5.73 Å². The third-order valence-corrected chi connectivity index (χ3v) is 4.88. The van der Waals surface area contributed by atoms with Gasteiger partial charge in [0.15, 0.2) is 8.68 Å². The molecule has 2 aromatic rings. The summed E-state index contributed by atoms with van der Waals surface area (Å²) in [5.41, 5.74) is 6.65. The Balaban J connectivity index is 1.94. The number of anilines is 1. The zero-order chi connectivity index (χ0) is 11.4. The first-order chi connectivity index (χ1) is 7.78. The Morgan fingerprint density at radius 3 is 2.75 bits per heavy atom. The maximum absolute atomic E-state index is 5.51. The van der Waals surface area contributed by atoms with E-state index in [1.165, 1.54) is 0 Å². The molecule has 0 aliphatic rings. The zero-order valence-electron chi connectivity index (χ0n) is 8.58. The minimum Gasteiger partial charge on any atom is -0.384 e. The molecule has 84 valence electrons. The summed E-state index contributed by atoms with van der Waals surface area (Å²) in [6, 6.07) is 3.79. The molecule has 0 bridgehead atoms.